The maximum Gasteiger partial charge on any atom is 0.417 e. The number of carbonyl (C=O) groups excluding carboxylic acids is 1. The lowest BCUT2D eigenvalue weighted by molar-refractivity contribution is -0.137. The van der Waals surface area contributed by atoms with Gasteiger partial charge in [-0.3, -0.25) is 4.79 Å². The average Bonchev–Trinajstić information content (AvgIpc) is 3.60. The number of halogens is 6. The first-order chi connectivity index (χ1) is 21.2. The summed E-state index contributed by atoms with van der Waals surface area (Å²) in [5.74, 6) is -1.30. The highest BCUT2D eigenvalue weighted by molar-refractivity contribution is 5.88. The second kappa shape index (κ2) is 11.7. The number of fused-ring (bicyclic) bond motifs is 2. The SMILES string of the molecule is CC(=O)Nc1cnc2ccc(-c3ccccc3C(F)(F)F)nn12.O=C(O)c1cnc2ccc(-c3ccccc3C(F)(F)F)nn12. The van der Waals surface area contributed by atoms with Gasteiger partial charge in [-0.25, -0.2) is 19.3 Å². The van der Waals surface area contributed by atoms with Crippen LogP contribution in [-0.4, -0.2) is 46.2 Å². The van der Waals surface area contributed by atoms with Crippen molar-refractivity contribution in [2.75, 3.05) is 5.32 Å². The van der Waals surface area contributed by atoms with Crippen LogP contribution in [0, 0.1) is 0 Å². The summed E-state index contributed by atoms with van der Waals surface area (Å²) in [4.78, 5) is 30.1. The molecular weight excluding hydrogens is 608 g/mol. The molecule has 0 aliphatic carbocycles. The lowest BCUT2D eigenvalue weighted by Gasteiger charge is -2.12. The minimum absolute atomic E-state index is 0.0147. The van der Waals surface area contributed by atoms with Crippen LogP contribution in [0.4, 0.5) is 32.2 Å². The van der Waals surface area contributed by atoms with Crippen LogP contribution in [0.3, 0.4) is 0 Å². The third-order valence-electron chi connectivity index (χ3n) is 6.26. The van der Waals surface area contributed by atoms with E-state index in [0.29, 0.717) is 11.5 Å². The van der Waals surface area contributed by atoms with Gasteiger partial charge in [-0.2, -0.15) is 41.1 Å². The Morgan fingerprint density at radius 1 is 0.689 bits per heavy atom. The highest BCUT2D eigenvalue weighted by Gasteiger charge is 2.34. The number of imidazole rings is 2. The smallest absolute Gasteiger partial charge is 0.417 e. The fourth-order valence-corrected chi connectivity index (χ4v) is 4.35. The van der Waals surface area contributed by atoms with E-state index in [-0.39, 0.29) is 39.8 Å². The molecule has 0 fully saturated rings. The van der Waals surface area contributed by atoms with Crippen LogP contribution in [0.25, 0.3) is 33.8 Å². The van der Waals surface area contributed by atoms with Crippen molar-refractivity contribution in [2.24, 2.45) is 0 Å². The number of anilines is 1. The average molecular weight is 628 g/mol. The van der Waals surface area contributed by atoms with E-state index in [2.05, 4.69) is 25.5 Å². The van der Waals surface area contributed by atoms with Crippen LogP contribution < -0.4 is 5.32 Å². The van der Waals surface area contributed by atoms with Gasteiger partial charge in [0.1, 0.15) is 0 Å². The Bertz CT molecular complexity index is 2050. The molecule has 6 aromatic rings. The van der Waals surface area contributed by atoms with E-state index in [4.69, 9.17) is 5.11 Å². The van der Waals surface area contributed by atoms with Gasteiger partial charge in [0.25, 0.3) is 0 Å². The number of carboxylic acids is 1. The van der Waals surface area contributed by atoms with Crippen molar-refractivity contribution in [1.29, 1.82) is 0 Å². The molecular formula is C29H19F6N7O3. The van der Waals surface area contributed by atoms with Gasteiger partial charge in [0.05, 0.1) is 34.9 Å². The van der Waals surface area contributed by atoms with Gasteiger partial charge in [-0.15, -0.1) is 0 Å². The lowest BCUT2D eigenvalue weighted by atomic mass is 10.0. The molecule has 0 radical (unpaired) electrons. The molecule has 45 heavy (non-hydrogen) atoms. The Morgan fingerprint density at radius 2 is 1.16 bits per heavy atom. The van der Waals surface area contributed by atoms with Crippen molar-refractivity contribution in [3.8, 4) is 22.5 Å². The summed E-state index contributed by atoms with van der Waals surface area (Å²) in [5, 5.41) is 19.7. The zero-order chi connectivity index (χ0) is 32.5. The number of rotatable bonds is 4. The Labute approximate surface area is 248 Å². The van der Waals surface area contributed by atoms with Crippen molar-refractivity contribution < 1.29 is 41.0 Å². The molecule has 0 unspecified atom stereocenters. The molecule has 10 nitrogen and oxygen atoms in total. The van der Waals surface area contributed by atoms with Crippen molar-refractivity contribution in [3.05, 3.63) is 102 Å². The Hall–Kier alpha value is -5.80. The standard InChI is InChI=1S/C15H11F3N4O.C14H8F3N3O2/c1-9(23)20-14-8-19-13-7-6-12(21-22(13)14)10-4-2-3-5-11(10)15(16,17)18;15-14(16,17)9-4-2-1-3-8(9)10-5-6-12-18-7-11(13(21)22)20(12)19-10/h2-8H,1H3,(H,20,23);1-7H,(H,21,22). The van der Waals surface area contributed by atoms with Gasteiger partial charge < -0.3 is 10.4 Å². The maximum absolute atomic E-state index is 13.1. The van der Waals surface area contributed by atoms with E-state index < -0.39 is 29.4 Å². The fourth-order valence-electron chi connectivity index (χ4n) is 4.35. The van der Waals surface area contributed by atoms with Crippen LogP contribution in [0.15, 0.2) is 85.2 Å². The first-order valence-electron chi connectivity index (χ1n) is 12.8. The molecule has 2 aromatic carbocycles. The predicted octanol–water partition coefficient (Wildman–Crippen LogP) is 6.49. The van der Waals surface area contributed by atoms with Gasteiger partial charge in [0, 0.05) is 18.1 Å². The summed E-state index contributed by atoms with van der Waals surface area (Å²) >= 11 is 0. The number of benzene rings is 2. The second-order valence-corrected chi connectivity index (χ2v) is 9.34. The molecule has 0 spiro atoms. The van der Waals surface area contributed by atoms with Crippen molar-refractivity contribution in [1.82, 2.24) is 29.2 Å². The minimum Gasteiger partial charge on any atom is -0.476 e. The monoisotopic (exact) mass is 627 g/mol. The number of aromatic nitrogens is 6. The molecule has 1 amide bonds. The van der Waals surface area contributed by atoms with Crippen molar-refractivity contribution in [3.63, 3.8) is 0 Å². The van der Waals surface area contributed by atoms with E-state index in [9.17, 15) is 35.9 Å². The van der Waals surface area contributed by atoms with Gasteiger partial charge in [0.2, 0.25) is 5.91 Å². The molecule has 6 rings (SSSR count). The van der Waals surface area contributed by atoms with Crippen molar-refractivity contribution in [2.45, 2.75) is 19.3 Å². The minimum atomic E-state index is -4.53. The molecule has 2 N–H and O–H groups in total. The molecule has 0 aliphatic heterocycles. The number of nitrogens with zero attached hydrogens (tertiary/aromatic N) is 6. The van der Waals surface area contributed by atoms with Crippen LogP contribution in [0.5, 0.6) is 0 Å². The summed E-state index contributed by atoms with van der Waals surface area (Å²) < 4.78 is 80.9. The Balaban J connectivity index is 0.000000178. The molecule has 4 aromatic heterocycles. The van der Waals surface area contributed by atoms with Gasteiger partial charge in [-0.05, 0) is 36.4 Å². The van der Waals surface area contributed by atoms with Gasteiger partial charge >= 0.3 is 18.3 Å². The number of amides is 1. The highest BCUT2D eigenvalue weighted by Crippen LogP contribution is 2.37. The summed E-state index contributed by atoms with van der Waals surface area (Å²) in [6, 6.07) is 16.0. The number of nitrogens with one attached hydrogen (secondary N) is 1. The van der Waals surface area contributed by atoms with Gasteiger partial charge in [-0.1, -0.05) is 36.4 Å². The number of hydrogen-bond acceptors (Lipinski definition) is 6. The molecule has 0 saturated carbocycles. The quantitative estimate of drug-likeness (QED) is 0.214. The van der Waals surface area contributed by atoms with E-state index >= 15 is 0 Å². The van der Waals surface area contributed by atoms with E-state index in [1.54, 1.807) is 6.07 Å². The van der Waals surface area contributed by atoms with Crippen LogP contribution >= 0.6 is 0 Å². The molecule has 4 heterocycles. The van der Waals surface area contributed by atoms with Crippen LogP contribution in [0.1, 0.15) is 28.5 Å². The van der Waals surface area contributed by atoms with Crippen molar-refractivity contribution >= 4 is 29.0 Å². The number of carbonyl (C=O) groups is 2. The first kappa shape index (κ1) is 30.7. The summed E-state index contributed by atoms with van der Waals surface area (Å²) in [5.41, 5.74) is -1.18. The Kier molecular flexibility index (Phi) is 7.97. The summed E-state index contributed by atoms with van der Waals surface area (Å²) in [6.07, 6.45) is -6.52. The van der Waals surface area contributed by atoms with Crippen LogP contribution in [-0.2, 0) is 17.1 Å². The summed E-state index contributed by atoms with van der Waals surface area (Å²) in [6.45, 7) is 1.32. The Morgan fingerprint density at radius 3 is 1.64 bits per heavy atom. The normalized spacial score (nSPS) is 11.7. The molecule has 16 heteroatoms. The fraction of sp³-hybridized carbons (Fsp3) is 0.103. The molecule has 0 atom stereocenters. The van der Waals surface area contributed by atoms with Gasteiger partial charge in [0.15, 0.2) is 22.8 Å². The first-order valence-corrected chi connectivity index (χ1v) is 12.8. The largest absolute Gasteiger partial charge is 0.476 e. The topological polar surface area (TPSA) is 127 Å². The zero-order valence-corrected chi connectivity index (χ0v) is 22.8. The van der Waals surface area contributed by atoms with E-state index in [1.807, 2.05) is 0 Å². The van der Waals surface area contributed by atoms with Crippen LogP contribution in [0.2, 0.25) is 0 Å². The number of aromatic carboxylic acids is 1. The maximum atomic E-state index is 13.1. The zero-order valence-electron chi connectivity index (χ0n) is 22.8. The molecule has 0 aliphatic rings. The number of alkyl halides is 6. The highest BCUT2D eigenvalue weighted by atomic mass is 19.4. The third-order valence-corrected chi connectivity index (χ3v) is 6.26. The predicted molar refractivity (Wildman–Crippen MR) is 148 cm³/mol. The van der Waals surface area contributed by atoms with E-state index in [0.717, 1.165) is 22.8 Å². The summed E-state index contributed by atoms with van der Waals surface area (Å²) in [7, 11) is 0. The molecule has 0 bridgehead atoms. The molecule has 0 saturated heterocycles. The number of hydrogen-bond donors (Lipinski definition) is 2. The third kappa shape index (κ3) is 6.43. The molecule has 230 valence electrons. The number of carboxylic acid groups (broad SMARTS) is 1. The lowest BCUT2D eigenvalue weighted by Crippen LogP contribution is -2.10. The second-order valence-electron chi connectivity index (χ2n) is 9.34. The van der Waals surface area contributed by atoms with E-state index in [1.165, 1.54) is 72.2 Å².